The monoisotopic (exact) mass is 200 g/mol. The van der Waals surface area contributed by atoms with Crippen LogP contribution in [0.25, 0.3) is 0 Å². The van der Waals surface area contributed by atoms with E-state index in [-0.39, 0.29) is 0 Å². The summed E-state index contributed by atoms with van der Waals surface area (Å²) in [7, 11) is 0. The third kappa shape index (κ3) is 2.25. The first-order valence-electron chi connectivity index (χ1n) is 5.52. The van der Waals surface area contributed by atoms with Crippen LogP contribution in [0.1, 0.15) is 38.5 Å². The highest BCUT2D eigenvalue weighted by Gasteiger charge is 2.41. The van der Waals surface area contributed by atoms with Crippen LogP contribution in [0, 0.1) is 23.7 Å². The zero-order valence-corrected chi connectivity index (χ0v) is 8.29. The molecule has 0 unspecified atom stereocenters. The summed E-state index contributed by atoms with van der Waals surface area (Å²) in [4.78, 5) is 8.33. The fourth-order valence-corrected chi connectivity index (χ4v) is 3.98. The summed E-state index contributed by atoms with van der Waals surface area (Å²) in [6, 6.07) is 0. The van der Waals surface area contributed by atoms with Crippen LogP contribution >= 0.6 is 0 Å². The lowest BCUT2D eigenvalue weighted by molar-refractivity contribution is 0.0198. The van der Waals surface area contributed by atoms with Crippen LogP contribution in [0.3, 0.4) is 0 Å². The molecule has 4 saturated carbocycles. The van der Waals surface area contributed by atoms with Gasteiger partial charge >= 0.3 is 6.22 Å². The van der Waals surface area contributed by atoms with Gasteiger partial charge < -0.3 is 5.11 Å². The Morgan fingerprint density at radius 2 is 1.00 bits per heavy atom. The van der Waals surface area contributed by atoms with Crippen molar-refractivity contribution in [2.75, 3.05) is 0 Å². The van der Waals surface area contributed by atoms with E-state index in [4.69, 9.17) is 9.90 Å². The number of carboxylic acid groups (broad SMARTS) is 1. The topological polar surface area (TPSA) is 37.3 Å². The Hall–Kier alpha value is -0.600. The lowest BCUT2D eigenvalue weighted by atomic mass is 9.56. The van der Waals surface area contributed by atoms with Crippen molar-refractivity contribution in [1.29, 1.82) is 0 Å². The second-order valence-electron chi connectivity index (χ2n) is 5.13. The van der Waals surface area contributed by atoms with Crippen LogP contribution < -0.4 is 0 Å². The molecule has 0 aliphatic heterocycles. The Bertz CT molecular complexity index is 167. The largest absolute Gasteiger partial charge is 0.492 e. The summed E-state index contributed by atoms with van der Waals surface area (Å²) in [5, 5.41) is 6.75. The Morgan fingerprint density at radius 3 is 1.14 bits per heavy atom. The molecule has 4 rings (SSSR count). The summed E-state index contributed by atoms with van der Waals surface area (Å²) >= 11 is 0. The predicted octanol–water partition coefficient (Wildman–Crippen LogP) is 3.47. The average molecular weight is 200 g/mol. The summed E-state index contributed by atoms with van der Waals surface area (Å²) in [5.41, 5.74) is 0. The number of carbonyl (C=O) groups is 1. The molecule has 0 heterocycles. The molecular weight excluding hydrogens is 183 g/mol. The lowest BCUT2D eigenvalue weighted by Gasteiger charge is -2.49. The third-order valence-corrected chi connectivity index (χ3v) is 4.00. The minimum absolute atomic E-state index is 1.18. The van der Waals surface area contributed by atoms with E-state index >= 15 is 0 Å². The van der Waals surface area contributed by atoms with Crippen LogP contribution in [-0.4, -0.2) is 11.3 Å². The predicted molar refractivity (Wildman–Crippen MR) is 50.8 cm³/mol. The molecule has 0 aromatic heterocycles. The lowest BCUT2D eigenvalue weighted by Crippen LogP contribution is -2.38. The van der Waals surface area contributed by atoms with E-state index in [1.54, 1.807) is 38.5 Å². The first-order chi connectivity index (χ1) is 6.63. The molecule has 2 nitrogen and oxygen atoms in total. The first-order valence-corrected chi connectivity index (χ1v) is 5.52. The van der Waals surface area contributed by atoms with Gasteiger partial charge in [0.15, 0.2) is 0 Å². The van der Waals surface area contributed by atoms with Gasteiger partial charge in [0.1, 0.15) is 0 Å². The van der Waals surface area contributed by atoms with Gasteiger partial charge in [-0.3, -0.25) is 0 Å². The van der Waals surface area contributed by atoms with Crippen molar-refractivity contribution >= 4 is 6.22 Å². The van der Waals surface area contributed by atoms with Crippen molar-refractivity contribution in [2.24, 2.45) is 23.7 Å². The molecule has 14 heavy (non-hydrogen) atoms. The van der Waals surface area contributed by atoms with Crippen molar-refractivity contribution < 1.29 is 14.3 Å². The van der Waals surface area contributed by atoms with E-state index in [1.165, 1.54) is 23.7 Å². The van der Waals surface area contributed by atoms with E-state index in [2.05, 4.69) is 0 Å². The quantitative estimate of drug-likeness (QED) is 0.608. The highest BCUT2D eigenvalue weighted by atomic mass is 19.1. The van der Waals surface area contributed by atoms with E-state index in [1.807, 2.05) is 0 Å². The van der Waals surface area contributed by atoms with Crippen molar-refractivity contribution in [1.82, 2.24) is 0 Å². The fraction of sp³-hybridized carbons (Fsp3) is 0.909. The van der Waals surface area contributed by atoms with Crippen molar-refractivity contribution in [3.05, 3.63) is 0 Å². The van der Waals surface area contributed by atoms with Crippen molar-refractivity contribution in [3.63, 3.8) is 0 Å². The molecule has 4 aliphatic carbocycles. The van der Waals surface area contributed by atoms with Crippen LogP contribution in [0.15, 0.2) is 0 Å². The highest BCUT2D eigenvalue weighted by molar-refractivity contribution is 5.54. The van der Waals surface area contributed by atoms with E-state index in [0.717, 1.165) is 0 Å². The van der Waals surface area contributed by atoms with Crippen LogP contribution in [-0.2, 0) is 0 Å². The van der Waals surface area contributed by atoms with Gasteiger partial charge in [-0.25, -0.2) is 4.79 Å². The molecule has 4 aliphatic rings. The fourth-order valence-electron chi connectivity index (χ4n) is 3.98. The maximum absolute atomic E-state index is 9.92. The Morgan fingerprint density at radius 1 is 0.857 bits per heavy atom. The molecule has 1 N–H and O–H groups in total. The summed E-state index contributed by atoms with van der Waals surface area (Å²) < 4.78 is 9.92. The molecule has 80 valence electrons. The van der Waals surface area contributed by atoms with Crippen LogP contribution in [0.4, 0.5) is 9.18 Å². The molecule has 0 aromatic rings. The molecule has 4 fully saturated rings. The molecular formula is C11H17FO2. The number of hydrogen-bond donors (Lipinski definition) is 1. The van der Waals surface area contributed by atoms with Gasteiger partial charge in [0, 0.05) is 0 Å². The molecule has 0 spiro atoms. The Balaban J connectivity index is 0.000000165. The Labute approximate surface area is 83.5 Å². The van der Waals surface area contributed by atoms with Crippen molar-refractivity contribution in [3.8, 4) is 0 Å². The van der Waals surface area contributed by atoms with Gasteiger partial charge in [-0.2, -0.15) is 0 Å². The normalized spacial score (nSPS) is 42.9. The van der Waals surface area contributed by atoms with Crippen LogP contribution in [0.5, 0.6) is 0 Å². The zero-order chi connectivity index (χ0) is 10.1. The Kier molecular flexibility index (Phi) is 2.75. The first kappa shape index (κ1) is 9.94. The molecule has 0 radical (unpaired) electrons. The summed E-state index contributed by atoms with van der Waals surface area (Å²) in [6.45, 7) is 0. The van der Waals surface area contributed by atoms with Gasteiger partial charge in [0.2, 0.25) is 0 Å². The smallest absolute Gasteiger partial charge is 0.456 e. The molecule has 0 aromatic carbocycles. The standard InChI is InChI=1S/C10H16.CHFO2/c1-7-2-9-4-8(1)5-10(3-7)6-9;2-1(3)4/h7-10H,1-6H2;(H,3,4). The van der Waals surface area contributed by atoms with E-state index in [0.29, 0.717) is 0 Å². The van der Waals surface area contributed by atoms with Gasteiger partial charge in [-0.15, -0.1) is 4.39 Å². The highest BCUT2D eigenvalue weighted by Crippen LogP contribution is 2.53. The van der Waals surface area contributed by atoms with Gasteiger partial charge in [0.25, 0.3) is 0 Å². The minimum atomic E-state index is -2.33. The van der Waals surface area contributed by atoms with E-state index < -0.39 is 6.22 Å². The molecule has 0 saturated heterocycles. The second kappa shape index (κ2) is 3.87. The van der Waals surface area contributed by atoms with Crippen LogP contribution in [0.2, 0.25) is 0 Å². The van der Waals surface area contributed by atoms with Crippen molar-refractivity contribution in [2.45, 2.75) is 38.5 Å². The molecule has 0 amide bonds. The number of hydrogen-bond acceptors (Lipinski definition) is 1. The third-order valence-electron chi connectivity index (χ3n) is 4.00. The number of halogens is 1. The molecule has 4 bridgehead atoms. The molecule has 0 atom stereocenters. The molecule has 3 heteroatoms. The zero-order valence-electron chi connectivity index (χ0n) is 8.29. The average Bonchev–Trinajstić information content (AvgIpc) is 1.98. The van der Waals surface area contributed by atoms with E-state index in [9.17, 15) is 4.39 Å². The second-order valence-corrected chi connectivity index (χ2v) is 5.13. The minimum Gasteiger partial charge on any atom is -0.456 e. The summed E-state index contributed by atoms with van der Waals surface area (Å²) in [6.07, 6.45) is 7.29. The maximum atomic E-state index is 9.92. The van der Waals surface area contributed by atoms with Gasteiger partial charge in [0.05, 0.1) is 0 Å². The maximum Gasteiger partial charge on any atom is 0.492 e. The number of rotatable bonds is 0. The van der Waals surface area contributed by atoms with Gasteiger partial charge in [-0.05, 0) is 62.2 Å². The van der Waals surface area contributed by atoms with Gasteiger partial charge in [-0.1, -0.05) is 0 Å². The SMILES string of the molecule is C1C2CC3CC1CC(C2)C3.O=C(O)F. The summed E-state index contributed by atoms with van der Waals surface area (Å²) in [5.74, 6) is 4.71.